The third-order valence-electron chi connectivity index (χ3n) is 3.91. The zero-order valence-electron chi connectivity index (χ0n) is 13.9. The predicted octanol–water partition coefficient (Wildman–Crippen LogP) is 3.40. The molecule has 0 atom stereocenters. The van der Waals surface area contributed by atoms with E-state index >= 15 is 0 Å². The lowest BCUT2D eigenvalue weighted by Gasteiger charge is -2.09. The van der Waals surface area contributed by atoms with E-state index in [-0.39, 0.29) is 0 Å². The maximum Gasteiger partial charge on any atom is 0.0662 e. The van der Waals surface area contributed by atoms with Crippen molar-refractivity contribution in [3.05, 3.63) is 52.3 Å². The molecule has 21 heavy (non-hydrogen) atoms. The van der Waals surface area contributed by atoms with Gasteiger partial charge in [-0.05, 0) is 44.9 Å². The van der Waals surface area contributed by atoms with E-state index in [1.165, 1.54) is 22.4 Å². The second-order valence-electron chi connectivity index (χ2n) is 6.15. The van der Waals surface area contributed by atoms with E-state index in [9.17, 15) is 0 Å². The summed E-state index contributed by atoms with van der Waals surface area (Å²) in [6.45, 7) is 12.6. The van der Waals surface area contributed by atoms with Gasteiger partial charge < -0.3 is 5.32 Å². The van der Waals surface area contributed by atoms with Crippen LogP contribution in [0, 0.1) is 20.8 Å². The standard InChI is InChI=1S/C18H27N3/c1-13(2)19-11-10-18-15(4)20-21(16(18)5)12-17-8-6-14(3)7-9-17/h6-9,13,19H,10-12H2,1-5H3. The van der Waals surface area contributed by atoms with Crippen molar-refractivity contribution in [2.24, 2.45) is 0 Å². The highest BCUT2D eigenvalue weighted by molar-refractivity contribution is 5.27. The molecule has 0 unspecified atom stereocenters. The van der Waals surface area contributed by atoms with Crippen LogP contribution in [0.25, 0.3) is 0 Å². The van der Waals surface area contributed by atoms with Gasteiger partial charge in [0.1, 0.15) is 0 Å². The van der Waals surface area contributed by atoms with Crippen LogP contribution >= 0.6 is 0 Å². The Bertz CT molecular complexity index is 579. The summed E-state index contributed by atoms with van der Waals surface area (Å²) in [6.07, 6.45) is 1.05. The molecule has 1 N–H and O–H groups in total. The number of aromatic nitrogens is 2. The number of nitrogens with one attached hydrogen (secondary N) is 1. The Morgan fingerprint density at radius 2 is 1.76 bits per heavy atom. The lowest BCUT2D eigenvalue weighted by Crippen LogP contribution is -2.25. The Morgan fingerprint density at radius 1 is 1.10 bits per heavy atom. The molecule has 0 spiro atoms. The first-order valence-corrected chi connectivity index (χ1v) is 7.79. The second-order valence-corrected chi connectivity index (χ2v) is 6.15. The summed E-state index contributed by atoms with van der Waals surface area (Å²) in [7, 11) is 0. The summed E-state index contributed by atoms with van der Waals surface area (Å²) in [5, 5.41) is 8.19. The molecule has 0 amide bonds. The number of hydrogen-bond donors (Lipinski definition) is 1. The molecule has 2 aromatic rings. The molecule has 1 heterocycles. The van der Waals surface area contributed by atoms with Crippen LogP contribution < -0.4 is 5.32 Å². The van der Waals surface area contributed by atoms with Crippen LogP contribution in [0.3, 0.4) is 0 Å². The van der Waals surface area contributed by atoms with Gasteiger partial charge in [0.05, 0.1) is 12.2 Å². The van der Waals surface area contributed by atoms with E-state index in [0.29, 0.717) is 6.04 Å². The molecule has 0 radical (unpaired) electrons. The molecule has 0 aliphatic heterocycles. The average molecular weight is 285 g/mol. The van der Waals surface area contributed by atoms with E-state index < -0.39 is 0 Å². The maximum atomic E-state index is 4.71. The molecular formula is C18H27N3. The predicted molar refractivity (Wildman–Crippen MR) is 88.8 cm³/mol. The number of hydrogen-bond acceptors (Lipinski definition) is 2. The molecule has 0 aliphatic rings. The first-order chi connectivity index (χ1) is 9.97. The van der Waals surface area contributed by atoms with Crippen molar-refractivity contribution in [1.82, 2.24) is 15.1 Å². The SMILES string of the molecule is Cc1ccc(Cn2nc(C)c(CCNC(C)C)c2C)cc1. The summed E-state index contributed by atoms with van der Waals surface area (Å²) in [5.74, 6) is 0. The minimum Gasteiger partial charge on any atom is -0.314 e. The van der Waals surface area contributed by atoms with Crippen LogP contribution in [0.15, 0.2) is 24.3 Å². The van der Waals surface area contributed by atoms with Crippen molar-refractivity contribution in [3.8, 4) is 0 Å². The van der Waals surface area contributed by atoms with Crippen molar-refractivity contribution >= 4 is 0 Å². The molecule has 0 bridgehead atoms. The Kier molecular flexibility index (Phi) is 5.18. The number of benzene rings is 1. The molecule has 3 nitrogen and oxygen atoms in total. The molecular weight excluding hydrogens is 258 g/mol. The van der Waals surface area contributed by atoms with Crippen LogP contribution in [-0.2, 0) is 13.0 Å². The minimum atomic E-state index is 0.535. The monoisotopic (exact) mass is 285 g/mol. The van der Waals surface area contributed by atoms with E-state index in [1.54, 1.807) is 0 Å². The molecule has 114 valence electrons. The fourth-order valence-electron chi connectivity index (χ4n) is 2.60. The largest absolute Gasteiger partial charge is 0.314 e. The Labute approximate surface area is 128 Å². The Morgan fingerprint density at radius 3 is 2.38 bits per heavy atom. The third-order valence-corrected chi connectivity index (χ3v) is 3.91. The summed E-state index contributed by atoms with van der Waals surface area (Å²) in [6, 6.07) is 9.23. The topological polar surface area (TPSA) is 29.9 Å². The molecule has 1 aromatic carbocycles. The Balaban J connectivity index is 2.09. The third kappa shape index (κ3) is 4.18. The molecule has 3 heteroatoms. The molecule has 0 saturated heterocycles. The number of aryl methyl sites for hydroxylation is 2. The molecule has 0 fully saturated rings. The highest BCUT2D eigenvalue weighted by atomic mass is 15.3. The van der Waals surface area contributed by atoms with E-state index in [1.807, 2.05) is 0 Å². The van der Waals surface area contributed by atoms with Crippen molar-refractivity contribution in [2.75, 3.05) is 6.54 Å². The van der Waals surface area contributed by atoms with Gasteiger partial charge in [0.25, 0.3) is 0 Å². The smallest absolute Gasteiger partial charge is 0.0662 e. The summed E-state index contributed by atoms with van der Waals surface area (Å²) in [4.78, 5) is 0. The van der Waals surface area contributed by atoms with E-state index in [2.05, 4.69) is 68.9 Å². The fourth-order valence-corrected chi connectivity index (χ4v) is 2.60. The summed E-state index contributed by atoms with van der Waals surface area (Å²) >= 11 is 0. The van der Waals surface area contributed by atoms with Gasteiger partial charge in [0, 0.05) is 11.7 Å². The van der Waals surface area contributed by atoms with Crippen molar-refractivity contribution in [3.63, 3.8) is 0 Å². The van der Waals surface area contributed by atoms with Crippen molar-refractivity contribution in [2.45, 2.75) is 53.6 Å². The van der Waals surface area contributed by atoms with Gasteiger partial charge in [-0.2, -0.15) is 5.10 Å². The van der Waals surface area contributed by atoms with E-state index in [0.717, 1.165) is 25.2 Å². The van der Waals surface area contributed by atoms with Crippen LogP contribution in [0.2, 0.25) is 0 Å². The quantitative estimate of drug-likeness (QED) is 0.881. The van der Waals surface area contributed by atoms with E-state index in [4.69, 9.17) is 5.10 Å². The number of rotatable bonds is 6. The fraction of sp³-hybridized carbons (Fsp3) is 0.500. The van der Waals surface area contributed by atoms with Crippen molar-refractivity contribution in [1.29, 1.82) is 0 Å². The first kappa shape index (κ1) is 15.8. The Hall–Kier alpha value is -1.61. The lowest BCUT2D eigenvalue weighted by atomic mass is 10.1. The first-order valence-electron chi connectivity index (χ1n) is 7.79. The van der Waals surface area contributed by atoms with Gasteiger partial charge in [-0.15, -0.1) is 0 Å². The van der Waals surface area contributed by atoms with Crippen molar-refractivity contribution < 1.29 is 0 Å². The minimum absolute atomic E-state index is 0.535. The van der Waals surface area contributed by atoms with Gasteiger partial charge >= 0.3 is 0 Å². The van der Waals surface area contributed by atoms with Crippen LogP contribution in [0.5, 0.6) is 0 Å². The molecule has 2 rings (SSSR count). The second kappa shape index (κ2) is 6.90. The summed E-state index contributed by atoms with van der Waals surface area (Å²) < 4.78 is 2.13. The lowest BCUT2D eigenvalue weighted by molar-refractivity contribution is 0.588. The van der Waals surface area contributed by atoms with Gasteiger partial charge in [0.2, 0.25) is 0 Å². The van der Waals surface area contributed by atoms with Crippen LogP contribution in [0.1, 0.15) is 41.9 Å². The number of nitrogens with zero attached hydrogens (tertiary/aromatic N) is 2. The van der Waals surface area contributed by atoms with Crippen LogP contribution in [0.4, 0.5) is 0 Å². The summed E-state index contributed by atoms with van der Waals surface area (Å²) in [5.41, 5.74) is 6.43. The van der Waals surface area contributed by atoms with Gasteiger partial charge in [-0.25, -0.2) is 0 Å². The highest BCUT2D eigenvalue weighted by Crippen LogP contribution is 2.15. The molecule has 0 aliphatic carbocycles. The molecule has 1 aromatic heterocycles. The molecule has 0 saturated carbocycles. The maximum absolute atomic E-state index is 4.71. The highest BCUT2D eigenvalue weighted by Gasteiger charge is 2.11. The normalized spacial score (nSPS) is 11.3. The average Bonchev–Trinajstić information content (AvgIpc) is 2.68. The van der Waals surface area contributed by atoms with Gasteiger partial charge in [0.15, 0.2) is 0 Å². The van der Waals surface area contributed by atoms with Crippen LogP contribution in [-0.4, -0.2) is 22.4 Å². The van der Waals surface area contributed by atoms with Gasteiger partial charge in [-0.1, -0.05) is 43.7 Å². The van der Waals surface area contributed by atoms with Gasteiger partial charge in [-0.3, -0.25) is 4.68 Å². The zero-order valence-corrected chi connectivity index (χ0v) is 13.9. The zero-order chi connectivity index (χ0) is 15.4.